The number of benzene rings is 2. The molecule has 0 spiro atoms. The minimum atomic E-state index is -4.75. The second-order valence-electron chi connectivity index (χ2n) is 8.44. The number of aliphatic hydroxyl groups is 1. The standard InChI is InChI=1S/C23H26F3N3O3/c1-14(2)19(30)22(10-11-22)13-27-21(32)29-18-9-8-16(12-17(18)23(24,25)26)28-20(31)15-6-4-3-5-7-15/h3-9,12,14,19,30H,10-11,13H2,1-2H3,(H,28,31)(H2,27,29,32)/t19-/m0/s1. The highest BCUT2D eigenvalue weighted by Crippen LogP contribution is 2.50. The maximum Gasteiger partial charge on any atom is 0.418 e. The number of amides is 3. The Kier molecular flexibility index (Phi) is 6.78. The number of rotatable bonds is 7. The molecule has 3 rings (SSSR count). The van der Waals surface area contributed by atoms with Crippen molar-refractivity contribution in [2.24, 2.45) is 11.3 Å². The van der Waals surface area contributed by atoms with Gasteiger partial charge in [-0.2, -0.15) is 13.2 Å². The molecule has 0 aliphatic heterocycles. The molecule has 9 heteroatoms. The third-order valence-corrected chi connectivity index (χ3v) is 5.62. The van der Waals surface area contributed by atoms with Crippen LogP contribution in [0.15, 0.2) is 48.5 Å². The maximum atomic E-state index is 13.6. The van der Waals surface area contributed by atoms with Crippen LogP contribution in [-0.4, -0.2) is 29.7 Å². The van der Waals surface area contributed by atoms with Gasteiger partial charge >= 0.3 is 12.2 Å². The highest BCUT2D eigenvalue weighted by molar-refractivity contribution is 6.04. The van der Waals surface area contributed by atoms with Crippen LogP contribution in [0, 0.1) is 11.3 Å². The topological polar surface area (TPSA) is 90.5 Å². The number of carbonyl (C=O) groups is 2. The number of hydrogen-bond donors (Lipinski definition) is 4. The SMILES string of the molecule is CC(C)[C@H](O)C1(CNC(=O)Nc2ccc(NC(=O)c3ccccc3)cc2C(F)(F)F)CC1. The summed E-state index contributed by atoms with van der Waals surface area (Å²) >= 11 is 0. The van der Waals surface area contributed by atoms with Crippen LogP contribution in [0.2, 0.25) is 0 Å². The predicted octanol–water partition coefficient (Wildman–Crippen LogP) is 4.88. The van der Waals surface area contributed by atoms with Crippen LogP contribution in [0.1, 0.15) is 42.6 Å². The van der Waals surface area contributed by atoms with E-state index in [1.54, 1.807) is 30.3 Å². The van der Waals surface area contributed by atoms with Gasteiger partial charge in [0.2, 0.25) is 0 Å². The van der Waals surface area contributed by atoms with Crippen LogP contribution in [0.3, 0.4) is 0 Å². The van der Waals surface area contributed by atoms with Crippen molar-refractivity contribution < 1.29 is 27.9 Å². The summed E-state index contributed by atoms with van der Waals surface area (Å²) in [5.41, 5.74) is -1.68. The maximum absolute atomic E-state index is 13.6. The molecular formula is C23H26F3N3O3. The Bertz CT molecular complexity index is 973. The van der Waals surface area contributed by atoms with Crippen LogP contribution in [0.25, 0.3) is 0 Å². The Balaban J connectivity index is 1.69. The summed E-state index contributed by atoms with van der Waals surface area (Å²) in [6, 6.07) is 10.5. The molecule has 2 aromatic carbocycles. The summed E-state index contributed by atoms with van der Waals surface area (Å²) in [4.78, 5) is 24.5. The van der Waals surface area contributed by atoms with Crippen molar-refractivity contribution in [3.63, 3.8) is 0 Å². The molecule has 0 bridgehead atoms. The van der Waals surface area contributed by atoms with Crippen molar-refractivity contribution in [3.05, 3.63) is 59.7 Å². The molecule has 1 aliphatic rings. The molecule has 1 saturated carbocycles. The molecule has 0 saturated heterocycles. The summed E-state index contributed by atoms with van der Waals surface area (Å²) in [5.74, 6) is -0.534. The van der Waals surface area contributed by atoms with E-state index in [-0.39, 0.29) is 18.2 Å². The Hall–Kier alpha value is -3.07. The fourth-order valence-corrected chi connectivity index (χ4v) is 3.63. The van der Waals surface area contributed by atoms with Gasteiger partial charge in [0.05, 0.1) is 17.4 Å². The lowest BCUT2D eigenvalue weighted by Gasteiger charge is -2.26. The number of hydrogen-bond acceptors (Lipinski definition) is 3. The van der Waals surface area contributed by atoms with Gasteiger partial charge in [-0.15, -0.1) is 0 Å². The minimum absolute atomic E-state index is 0.0119. The van der Waals surface area contributed by atoms with E-state index in [1.807, 2.05) is 13.8 Å². The van der Waals surface area contributed by atoms with Crippen molar-refractivity contribution in [2.75, 3.05) is 17.2 Å². The summed E-state index contributed by atoms with van der Waals surface area (Å²) < 4.78 is 40.8. The summed E-state index contributed by atoms with van der Waals surface area (Å²) in [7, 11) is 0. The molecule has 1 atom stereocenters. The van der Waals surface area contributed by atoms with Crippen molar-refractivity contribution in [3.8, 4) is 0 Å². The molecule has 0 heterocycles. The van der Waals surface area contributed by atoms with E-state index in [0.717, 1.165) is 25.0 Å². The first kappa shape index (κ1) is 23.6. The normalized spacial score (nSPS) is 15.7. The molecule has 32 heavy (non-hydrogen) atoms. The van der Waals surface area contributed by atoms with Gasteiger partial charge in [0.15, 0.2) is 0 Å². The van der Waals surface area contributed by atoms with Crippen molar-refractivity contribution in [1.82, 2.24) is 5.32 Å². The molecule has 2 aromatic rings. The zero-order chi connectivity index (χ0) is 23.5. The van der Waals surface area contributed by atoms with Gasteiger partial charge in [0.25, 0.3) is 5.91 Å². The zero-order valence-electron chi connectivity index (χ0n) is 17.8. The second kappa shape index (κ2) is 9.20. The molecule has 0 unspecified atom stereocenters. The number of carbonyl (C=O) groups excluding carboxylic acids is 2. The molecule has 6 nitrogen and oxygen atoms in total. The van der Waals surface area contributed by atoms with Crippen LogP contribution >= 0.6 is 0 Å². The Morgan fingerprint density at radius 2 is 1.72 bits per heavy atom. The van der Waals surface area contributed by atoms with E-state index in [0.29, 0.717) is 5.56 Å². The van der Waals surface area contributed by atoms with Crippen LogP contribution in [0.4, 0.5) is 29.3 Å². The van der Waals surface area contributed by atoms with Gasteiger partial charge in [-0.3, -0.25) is 4.79 Å². The molecule has 1 fully saturated rings. The number of aliphatic hydroxyl groups excluding tert-OH is 1. The number of halogens is 3. The fraction of sp³-hybridized carbons (Fsp3) is 0.391. The van der Waals surface area contributed by atoms with Crippen LogP contribution in [-0.2, 0) is 6.18 Å². The third kappa shape index (κ3) is 5.59. The summed E-state index contributed by atoms with van der Waals surface area (Å²) in [5, 5.41) is 17.5. The number of urea groups is 1. The molecule has 0 aromatic heterocycles. The van der Waals surface area contributed by atoms with E-state index in [1.165, 1.54) is 6.07 Å². The lowest BCUT2D eigenvalue weighted by molar-refractivity contribution is -0.136. The lowest BCUT2D eigenvalue weighted by atomic mass is 9.90. The number of nitrogens with one attached hydrogen (secondary N) is 3. The van der Waals surface area contributed by atoms with Crippen molar-refractivity contribution >= 4 is 23.3 Å². The van der Waals surface area contributed by atoms with Gasteiger partial charge in [0.1, 0.15) is 0 Å². The largest absolute Gasteiger partial charge is 0.418 e. The van der Waals surface area contributed by atoms with E-state index >= 15 is 0 Å². The van der Waals surface area contributed by atoms with Gasteiger partial charge in [-0.1, -0.05) is 32.0 Å². The fourth-order valence-electron chi connectivity index (χ4n) is 3.63. The molecule has 0 radical (unpaired) electrons. The highest BCUT2D eigenvalue weighted by Gasteiger charge is 2.49. The van der Waals surface area contributed by atoms with Crippen molar-refractivity contribution in [1.29, 1.82) is 0 Å². The molecular weight excluding hydrogens is 423 g/mol. The first-order valence-electron chi connectivity index (χ1n) is 10.3. The number of alkyl halides is 3. The summed E-state index contributed by atoms with van der Waals surface area (Å²) in [6.45, 7) is 3.92. The van der Waals surface area contributed by atoms with Crippen LogP contribution in [0.5, 0.6) is 0 Å². The third-order valence-electron chi connectivity index (χ3n) is 5.62. The molecule has 4 N–H and O–H groups in total. The van der Waals surface area contributed by atoms with E-state index in [2.05, 4.69) is 16.0 Å². The predicted molar refractivity (Wildman–Crippen MR) is 115 cm³/mol. The smallest absolute Gasteiger partial charge is 0.392 e. The number of anilines is 2. The van der Waals surface area contributed by atoms with Gasteiger partial charge in [0, 0.05) is 23.2 Å². The Morgan fingerprint density at radius 3 is 2.28 bits per heavy atom. The first-order chi connectivity index (χ1) is 15.0. The monoisotopic (exact) mass is 449 g/mol. The quantitative estimate of drug-likeness (QED) is 0.486. The van der Waals surface area contributed by atoms with E-state index in [4.69, 9.17) is 0 Å². The lowest BCUT2D eigenvalue weighted by Crippen LogP contribution is -2.40. The minimum Gasteiger partial charge on any atom is -0.392 e. The molecule has 172 valence electrons. The van der Waals surface area contributed by atoms with Crippen LogP contribution < -0.4 is 16.0 Å². The van der Waals surface area contributed by atoms with Crippen molar-refractivity contribution in [2.45, 2.75) is 39.0 Å². The second-order valence-corrected chi connectivity index (χ2v) is 8.44. The van der Waals surface area contributed by atoms with E-state index in [9.17, 15) is 27.9 Å². The average Bonchev–Trinajstić information content (AvgIpc) is 3.53. The van der Waals surface area contributed by atoms with Gasteiger partial charge < -0.3 is 21.1 Å². The highest BCUT2D eigenvalue weighted by atomic mass is 19.4. The average molecular weight is 449 g/mol. The zero-order valence-corrected chi connectivity index (χ0v) is 17.8. The first-order valence-corrected chi connectivity index (χ1v) is 10.3. The van der Waals surface area contributed by atoms with Gasteiger partial charge in [-0.25, -0.2) is 4.79 Å². The van der Waals surface area contributed by atoms with E-state index < -0.39 is 40.9 Å². The molecule has 1 aliphatic carbocycles. The molecule has 3 amide bonds. The summed E-state index contributed by atoms with van der Waals surface area (Å²) in [6.07, 6.45) is -3.85. The van der Waals surface area contributed by atoms with Gasteiger partial charge in [-0.05, 0) is 49.1 Å². The Morgan fingerprint density at radius 1 is 1.06 bits per heavy atom. The Labute approximate surface area is 184 Å².